The minimum Gasteiger partial charge on any atom is -0.383 e. The third-order valence-corrected chi connectivity index (χ3v) is 2.91. The zero-order valence-electron chi connectivity index (χ0n) is 9.93. The maximum absolute atomic E-state index is 10.9. The van der Waals surface area contributed by atoms with Crippen LogP contribution in [0.1, 0.15) is 38.2 Å². The third kappa shape index (κ3) is 4.23. The van der Waals surface area contributed by atoms with E-state index in [9.17, 15) is 8.42 Å². The van der Waals surface area contributed by atoms with Crippen LogP contribution in [-0.4, -0.2) is 14.7 Å². The van der Waals surface area contributed by atoms with Gasteiger partial charge in [0.1, 0.15) is 5.75 Å². The first-order valence-corrected chi connectivity index (χ1v) is 7.23. The first kappa shape index (κ1) is 13.0. The summed E-state index contributed by atoms with van der Waals surface area (Å²) in [6.07, 6.45) is 3.32. The van der Waals surface area contributed by atoms with Crippen LogP contribution in [0, 0.1) is 0 Å². The van der Waals surface area contributed by atoms with Gasteiger partial charge in [0.2, 0.25) is 0 Å². The highest BCUT2D eigenvalue weighted by Gasteiger charge is 2.07. The van der Waals surface area contributed by atoms with Gasteiger partial charge < -0.3 is 4.18 Å². The van der Waals surface area contributed by atoms with E-state index in [0.29, 0.717) is 11.7 Å². The minimum atomic E-state index is -3.42. The molecule has 1 rings (SSSR count). The molecule has 0 heterocycles. The van der Waals surface area contributed by atoms with Gasteiger partial charge in [-0.3, -0.25) is 0 Å². The Morgan fingerprint density at radius 3 is 2.25 bits per heavy atom. The number of benzene rings is 1. The van der Waals surface area contributed by atoms with Crippen LogP contribution in [0.4, 0.5) is 0 Å². The number of hydrogen-bond acceptors (Lipinski definition) is 3. The third-order valence-electron chi connectivity index (χ3n) is 2.42. The lowest BCUT2D eigenvalue weighted by atomic mass is 9.97. The Labute approximate surface area is 97.6 Å². The van der Waals surface area contributed by atoms with Gasteiger partial charge in [-0.1, -0.05) is 32.4 Å². The molecular formula is C12H18O3S. The van der Waals surface area contributed by atoms with Gasteiger partial charge in [0.15, 0.2) is 0 Å². The molecule has 0 saturated heterocycles. The second-order valence-electron chi connectivity index (χ2n) is 4.05. The summed E-state index contributed by atoms with van der Waals surface area (Å²) in [6.45, 7) is 4.31. The summed E-state index contributed by atoms with van der Waals surface area (Å²) in [5.74, 6) is 0.868. The van der Waals surface area contributed by atoms with Gasteiger partial charge in [-0.2, -0.15) is 8.42 Å². The fourth-order valence-corrected chi connectivity index (χ4v) is 2.09. The molecule has 90 valence electrons. The van der Waals surface area contributed by atoms with E-state index < -0.39 is 10.1 Å². The minimum absolute atomic E-state index is 0.370. The molecule has 0 radical (unpaired) electrons. The Morgan fingerprint density at radius 2 is 1.81 bits per heavy atom. The number of rotatable bonds is 5. The van der Waals surface area contributed by atoms with E-state index in [4.69, 9.17) is 4.18 Å². The molecule has 0 aromatic heterocycles. The molecule has 1 aromatic rings. The van der Waals surface area contributed by atoms with Gasteiger partial charge >= 0.3 is 10.1 Å². The zero-order valence-corrected chi connectivity index (χ0v) is 10.8. The van der Waals surface area contributed by atoms with Crippen molar-refractivity contribution < 1.29 is 12.6 Å². The Balaban J connectivity index is 2.75. The van der Waals surface area contributed by atoms with E-state index >= 15 is 0 Å². The van der Waals surface area contributed by atoms with Crippen molar-refractivity contribution in [1.82, 2.24) is 0 Å². The molecule has 1 aromatic carbocycles. The van der Waals surface area contributed by atoms with Crippen LogP contribution in [-0.2, 0) is 10.1 Å². The summed E-state index contributed by atoms with van der Waals surface area (Å²) in [7, 11) is -3.42. The molecule has 0 aliphatic rings. The van der Waals surface area contributed by atoms with Crippen LogP contribution in [0.15, 0.2) is 24.3 Å². The fraction of sp³-hybridized carbons (Fsp3) is 0.500. The summed E-state index contributed by atoms with van der Waals surface area (Å²) in [5.41, 5.74) is 1.21. The van der Waals surface area contributed by atoms with E-state index in [0.717, 1.165) is 19.1 Å². The molecule has 0 aliphatic carbocycles. The maximum Gasteiger partial charge on any atom is 0.306 e. The van der Waals surface area contributed by atoms with Gasteiger partial charge in [-0.05, 0) is 30.0 Å². The molecule has 0 saturated carbocycles. The van der Waals surface area contributed by atoms with E-state index in [1.54, 1.807) is 12.1 Å². The second kappa shape index (κ2) is 5.34. The van der Waals surface area contributed by atoms with E-state index in [1.807, 2.05) is 12.1 Å². The van der Waals surface area contributed by atoms with Crippen molar-refractivity contribution in [3.63, 3.8) is 0 Å². The molecule has 0 amide bonds. The highest BCUT2D eigenvalue weighted by atomic mass is 32.2. The highest BCUT2D eigenvalue weighted by molar-refractivity contribution is 7.86. The first-order valence-electron chi connectivity index (χ1n) is 5.42. The molecule has 16 heavy (non-hydrogen) atoms. The van der Waals surface area contributed by atoms with Gasteiger partial charge in [-0.25, -0.2) is 0 Å². The molecule has 1 atom stereocenters. The largest absolute Gasteiger partial charge is 0.383 e. The lowest BCUT2D eigenvalue weighted by Crippen LogP contribution is -2.05. The van der Waals surface area contributed by atoms with Crippen LogP contribution >= 0.6 is 0 Å². The van der Waals surface area contributed by atoms with E-state index in [2.05, 4.69) is 13.8 Å². The van der Waals surface area contributed by atoms with Crippen molar-refractivity contribution in [2.75, 3.05) is 6.26 Å². The quantitative estimate of drug-likeness (QED) is 0.746. The van der Waals surface area contributed by atoms with Crippen molar-refractivity contribution in [2.24, 2.45) is 0 Å². The van der Waals surface area contributed by atoms with E-state index in [-0.39, 0.29) is 0 Å². The van der Waals surface area contributed by atoms with Crippen molar-refractivity contribution in [2.45, 2.75) is 32.6 Å². The lowest BCUT2D eigenvalue weighted by molar-refractivity contribution is 0.492. The average Bonchev–Trinajstić information content (AvgIpc) is 2.16. The summed E-state index contributed by atoms with van der Waals surface area (Å²) in [5, 5.41) is 0. The first-order chi connectivity index (χ1) is 7.42. The Morgan fingerprint density at radius 1 is 1.25 bits per heavy atom. The van der Waals surface area contributed by atoms with Crippen LogP contribution in [0.25, 0.3) is 0 Å². The summed E-state index contributed by atoms with van der Waals surface area (Å²) < 4.78 is 26.6. The van der Waals surface area contributed by atoms with Gasteiger partial charge in [-0.15, -0.1) is 0 Å². The van der Waals surface area contributed by atoms with Gasteiger partial charge in [0.05, 0.1) is 6.26 Å². The Bertz CT molecular complexity index is 420. The summed E-state index contributed by atoms with van der Waals surface area (Å²) in [4.78, 5) is 0. The molecular weight excluding hydrogens is 224 g/mol. The molecule has 0 bridgehead atoms. The van der Waals surface area contributed by atoms with Crippen LogP contribution in [0.2, 0.25) is 0 Å². The number of hydrogen-bond donors (Lipinski definition) is 0. The smallest absolute Gasteiger partial charge is 0.306 e. The second-order valence-corrected chi connectivity index (χ2v) is 5.62. The maximum atomic E-state index is 10.9. The summed E-state index contributed by atoms with van der Waals surface area (Å²) >= 11 is 0. The fourth-order valence-electron chi connectivity index (χ4n) is 1.63. The zero-order chi connectivity index (χ0) is 12.2. The Hall–Kier alpha value is -1.03. The SMILES string of the molecule is CCCC(C)c1ccc(OS(C)(=O)=O)cc1. The van der Waals surface area contributed by atoms with Crippen molar-refractivity contribution >= 4 is 10.1 Å². The molecule has 3 nitrogen and oxygen atoms in total. The molecule has 0 aliphatic heterocycles. The van der Waals surface area contributed by atoms with Gasteiger partial charge in [0.25, 0.3) is 0 Å². The van der Waals surface area contributed by atoms with Crippen LogP contribution < -0.4 is 4.18 Å². The summed E-state index contributed by atoms with van der Waals surface area (Å²) in [6, 6.07) is 7.23. The van der Waals surface area contributed by atoms with Crippen LogP contribution in [0.3, 0.4) is 0 Å². The molecule has 0 N–H and O–H groups in total. The van der Waals surface area contributed by atoms with Crippen molar-refractivity contribution in [3.05, 3.63) is 29.8 Å². The monoisotopic (exact) mass is 242 g/mol. The standard InChI is InChI=1S/C12H18O3S/c1-4-5-10(2)11-6-8-12(9-7-11)15-16(3,13)14/h6-10H,4-5H2,1-3H3. The van der Waals surface area contributed by atoms with Crippen LogP contribution in [0.5, 0.6) is 5.75 Å². The molecule has 4 heteroatoms. The van der Waals surface area contributed by atoms with Gasteiger partial charge in [0, 0.05) is 0 Å². The molecule has 1 unspecified atom stereocenters. The average molecular weight is 242 g/mol. The lowest BCUT2D eigenvalue weighted by Gasteiger charge is -2.11. The van der Waals surface area contributed by atoms with E-state index in [1.165, 1.54) is 5.56 Å². The van der Waals surface area contributed by atoms with Crippen molar-refractivity contribution in [1.29, 1.82) is 0 Å². The predicted molar refractivity (Wildman–Crippen MR) is 65.2 cm³/mol. The highest BCUT2D eigenvalue weighted by Crippen LogP contribution is 2.23. The molecule has 0 spiro atoms. The normalized spacial score (nSPS) is 13.4. The Kier molecular flexibility index (Phi) is 4.35. The topological polar surface area (TPSA) is 43.4 Å². The molecule has 0 fully saturated rings. The van der Waals surface area contributed by atoms with Crippen molar-refractivity contribution in [3.8, 4) is 5.75 Å². The predicted octanol–water partition coefficient (Wildman–Crippen LogP) is 2.93.